The molecule has 0 aliphatic heterocycles. The van der Waals surface area contributed by atoms with Gasteiger partial charge in [0.2, 0.25) is 0 Å². The molecule has 49 valence electrons. The van der Waals surface area contributed by atoms with Gasteiger partial charge in [-0.25, -0.2) is 0 Å². The van der Waals surface area contributed by atoms with Crippen LogP contribution in [0.1, 0.15) is 26.7 Å². The third-order valence-corrected chi connectivity index (χ3v) is 0.801. The number of hydrogen-bond acceptors (Lipinski definition) is 2. The predicted octanol–water partition coefficient (Wildman–Crippen LogP) is 1.49. The Morgan fingerprint density at radius 3 is 2.88 bits per heavy atom. The molecule has 0 bridgehead atoms. The van der Waals surface area contributed by atoms with E-state index >= 15 is 0 Å². The van der Waals surface area contributed by atoms with E-state index in [1.54, 1.807) is 6.54 Å². The molecule has 0 heterocycles. The Hall–Kier alpha value is -0.0800. The molecule has 0 saturated carbocycles. The standard InChI is InChI=1S/C6H14NO/c1-3-5-6-8-7-4-2/h4,7H,3,5-6H2,1-2H3. The average Bonchev–Trinajstić information content (AvgIpc) is 1.81. The molecule has 1 radical (unpaired) electrons. The molecule has 0 spiro atoms. The van der Waals surface area contributed by atoms with Crippen LogP contribution in [0.2, 0.25) is 0 Å². The smallest absolute Gasteiger partial charge is 0.0682 e. The van der Waals surface area contributed by atoms with Gasteiger partial charge in [0.05, 0.1) is 6.61 Å². The lowest BCUT2D eigenvalue weighted by molar-refractivity contribution is 0.0581. The average molecular weight is 116 g/mol. The lowest BCUT2D eigenvalue weighted by atomic mass is 10.4. The minimum absolute atomic E-state index is 0.806. The van der Waals surface area contributed by atoms with Gasteiger partial charge in [-0.1, -0.05) is 13.3 Å². The van der Waals surface area contributed by atoms with E-state index in [2.05, 4.69) is 12.4 Å². The van der Waals surface area contributed by atoms with Crippen LogP contribution in [-0.4, -0.2) is 6.61 Å². The highest BCUT2D eigenvalue weighted by Gasteiger charge is 1.81. The highest BCUT2D eigenvalue weighted by atomic mass is 16.6. The van der Waals surface area contributed by atoms with Gasteiger partial charge in [0.25, 0.3) is 0 Å². The number of unbranched alkanes of at least 4 members (excludes halogenated alkanes) is 1. The molecule has 0 aromatic heterocycles. The van der Waals surface area contributed by atoms with Crippen LogP contribution in [-0.2, 0) is 4.84 Å². The summed E-state index contributed by atoms with van der Waals surface area (Å²) in [4.78, 5) is 4.92. The largest absolute Gasteiger partial charge is 0.301 e. The Balaban J connectivity index is 2.53. The molecule has 8 heavy (non-hydrogen) atoms. The minimum Gasteiger partial charge on any atom is -0.301 e. The maximum Gasteiger partial charge on any atom is 0.0682 e. The van der Waals surface area contributed by atoms with Crippen molar-refractivity contribution in [3.8, 4) is 0 Å². The second-order valence-electron chi connectivity index (χ2n) is 1.61. The Kier molecular flexibility index (Phi) is 6.85. The van der Waals surface area contributed by atoms with E-state index in [0.717, 1.165) is 13.0 Å². The maximum atomic E-state index is 4.92. The molecule has 0 rings (SSSR count). The first-order valence-electron chi connectivity index (χ1n) is 3.07. The van der Waals surface area contributed by atoms with Gasteiger partial charge in [-0.05, 0) is 13.3 Å². The molecule has 0 unspecified atom stereocenters. The van der Waals surface area contributed by atoms with Crippen LogP contribution in [0.4, 0.5) is 0 Å². The van der Waals surface area contributed by atoms with E-state index in [-0.39, 0.29) is 0 Å². The number of hydroxylamine groups is 1. The van der Waals surface area contributed by atoms with Crippen LogP contribution in [0.15, 0.2) is 0 Å². The quantitative estimate of drug-likeness (QED) is 0.434. The molecular formula is C6H14NO. The van der Waals surface area contributed by atoms with Crippen molar-refractivity contribution in [2.75, 3.05) is 6.61 Å². The normalized spacial score (nSPS) is 9.75. The molecule has 0 aliphatic carbocycles. The van der Waals surface area contributed by atoms with Gasteiger partial charge in [-0.2, -0.15) is 5.48 Å². The summed E-state index contributed by atoms with van der Waals surface area (Å²) in [5.41, 5.74) is 2.66. The fraction of sp³-hybridized carbons (Fsp3) is 0.833. The summed E-state index contributed by atoms with van der Waals surface area (Å²) in [7, 11) is 0. The summed E-state index contributed by atoms with van der Waals surface area (Å²) < 4.78 is 0. The second kappa shape index (κ2) is 6.92. The molecular weight excluding hydrogens is 102 g/mol. The minimum atomic E-state index is 0.806. The molecule has 0 aliphatic rings. The van der Waals surface area contributed by atoms with E-state index < -0.39 is 0 Å². The fourth-order valence-electron chi connectivity index (χ4n) is 0.359. The maximum absolute atomic E-state index is 4.92. The first-order chi connectivity index (χ1) is 3.91. The van der Waals surface area contributed by atoms with Crippen LogP contribution in [0.5, 0.6) is 0 Å². The molecule has 0 saturated heterocycles. The lowest BCUT2D eigenvalue weighted by Crippen LogP contribution is -2.09. The number of rotatable bonds is 5. The van der Waals surface area contributed by atoms with Crippen molar-refractivity contribution in [1.29, 1.82) is 0 Å². The van der Waals surface area contributed by atoms with Crippen molar-refractivity contribution in [1.82, 2.24) is 5.48 Å². The van der Waals surface area contributed by atoms with Crippen LogP contribution in [0, 0.1) is 6.54 Å². The summed E-state index contributed by atoms with van der Waals surface area (Å²) in [5, 5.41) is 0. The van der Waals surface area contributed by atoms with Gasteiger partial charge in [-0.15, -0.1) is 0 Å². The number of hydrogen-bond donors (Lipinski definition) is 1. The van der Waals surface area contributed by atoms with Gasteiger partial charge in [0.15, 0.2) is 0 Å². The Morgan fingerprint density at radius 2 is 2.38 bits per heavy atom. The molecule has 0 aromatic carbocycles. The topological polar surface area (TPSA) is 21.3 Å². The first-order valence-corrected chi connectivity index (χ1v) is 3.07. The SMILES string of the molecule is C[CH]NOCCCC. The molecule has 1 N–H and O–H groups in total. The van der Waals surface area contributed by atoms with Crippen molar-refractivity contribution >= 4 is 0 Å². The van der Waals surface area contributed by atoms with E-state index in [4.69, 9.17) is 4.84 Å². The van der Waals surface area contributed by atoms with Gasteiger partial charge < -0.3 is 4.84 Å². The first kappa shape index (κ1) is 7.92. The third kappa shape index (κ3) is 5.92. The van der Waals surface area contributed by atoms with Gasteiger partial charge in [0.1, 0.15) is 0 Å². The van der Waals surface area contributed by atoms with Crippen molar-refractivity contribution in [3.63, 3.8) is 0 Å². The fourth-order valence-corrected chi connectivity index (χ4v) is 0.359. The zero-order valence-electron chi connectivity index (χ0n) is 5.61. The summed E-state index contributed by atoms with van der Waals surface area (Å²) in [6, 6.07) is 0. The second-order valence-corrected chi connectivity index (χ2v) is 1.61. The molecule has 2 nitrogen and oxygen atoms in total. The Bertz CT molecular complexity index is 33.5. The van der Waals surface area contributed by atoms with Gasteiger partial charge in [0, 0.05) is 6.54 Å². The van der Waals surface area contributed by atoms with E-state index in [0.29, 0.717) is 0 Å². The molecule has 0 amide bonds. The highest BCUT2D eigenvalue weighted by molar-refractivity contribution is 4.38. The third-order valence-electron chi connectivity index (χ3n) is 0.801. The summed E-state index contributed by atoms with van der Waals surface area (Å²) in [6.07, 6.45) is 2.31. The lowest BCUT2D eigenvalue weighted by Gasteiger charge is -1.98. The summed E-state index contributed by atoms with van der Waals surface area (Å²) in [6.45, 7) is 6.61. The summed E-state index contributed by atoms with van der Waals surface area (Å²) >= 11 is 0. The molecule has 0 aromatic rings. The van der Waals surface area contributed by atoms with Crippen LogP contribution >= 0.6 is 0 Å². The van der Waals surface area contributed by atoms with Crippen LogP contribution in [0.3, 0.4) is 0 Å². The van der Waals surface area contributed by atoms with Crippen molar-refractivity contribution in [2.24, 2.45) is 0 Å². The monoisotopic (exact) mass is 116 g/mol. The molecule has 0 fully saturated rings. The zero-order chi connectivity index (χ0) is 6.24. The van der Waals surface area contributed by atoms with E-state index in [1.165, 1.54) is 6.42 Å². The molecule has 2 heteroatoms. The van der Waals surface area contributed by atoms with E-state index in [1.807, 2.05) is 6.92 Å². The predicted molar refractivity (Wildman–Crippen MR) is 34.0 cm³/mol. The number of nitrogens with one attached hydrogen (secondary N) is 1. The summed E-state index contributed by atoms with van der Waals surface area (Å²) in [5.74, 6) is 0. The van der Waals surface area contributed by atoms with Crippen LogP contribution in [0.25, 0.3) is 0 Å². The van der Waals surface area contributed by atoms with Crippen molar-refractivity contribution in [3.05, 3.63) is 6.54 Å². The van der Waals surface area contributed by atoms with Crippen molar-refractivity contribution in [2.45, 2.75) is 26.7 Å². The highest BCUT2D eigenvalue weighted by Crippen LogP contribution is 1.84. The van der Waals surface area contributed by atoms with Crippen LogP contribution < -0.4 is 5.48 Å². The Labute approximate surface area is 51.2 Å². The van der Waals surface area contributed by atoms with Gasteiger partial charge >= 0.3 is 0 Å². The Morgan fingerprint density at radius 1 is 1.62 bits per heavy atom. The van der Waals surface area contributed by atoms with Gasteiger partial charge in [-0.3, -0.25) is 0 Å². The zero-order valence-corrected chi connectivity index (χ0v) is 5.61. The molecule has 0 atom stereocenters. The van der Waals surface area contributed by atoms with E-state index in [9.17, 15) is 0 Å². The van der Waals surface area contributed by atoms with Crippen molar-refractivity contribution < 1.29 is 4.84 Å².